The van der Waals surface area contributed by atoms with Crippen LogP contribution in [0.3, 0.4) is 0 Å². The van der Waals surface area contributed by atoms with Crippen molar-refractivity contribution in [1.82, 2.24) is 10.2 Å². The van der Waals surface area contributed by atoms with Crippen LogP contribution < -0.4 is 5.32 Å². The molecule has 27 heavy (non-hydrogen) atoms. The first-order chi connectivity index (χ1) is 13.3. The van der Waals surface area contributed by atoms with E-state index in [1.807, 2.05) is 66.7 Å². The summed E-state index contributed by atoms with van der Waals surface area (Å²) in [5.74, 6) is 0.348. The molecule has 0 fully saturated rings. The molecule has 0 spiro atoms. The molecule has 0 unspecified atom stereocenters. The molecule has 0 saturated carbocycles. The molecule has 0 aliphatic rings. The van der Waals surface area contributed by atoms with Crippen molar-refractivity contribution < 1.29 is 13.6 Å². The number of hydrogen-bond acceptors (Lipinski definition) is 5. The number of aromatic nitrogens is 2. The number of carbonyl (C=O) groups excluding carboxylic acids is 1. The van der Waals surface area contributed by atoms with Gasteiger partial charge in [-0.3, -0.25) is 10.1 Å². The zero-order valence-corrected chi connectivity index (χ0v) is 14.0. The van der Waals surface area contributed by atoms with Crippen molar-refractivity contribution in [3.63, 3.8) is 0 Å². The summed E-state index contributed by atoms with van der Waals surface area (Å²) in [5, 5.41) is 13.3. The highest BCUT2D eigenvalue weighted by Crippen LogP contribution is 2.28. The van der Waals surface area contributed by atoms with E-state index in [0.717, 1.165) is 21.7 Å². The second-order valence-electron chi connectivity index (χ2n) is 6.04. The van der Waals surface area contributed by atoms with Crippen molar-refractivity contribution in [1.29, 1.82) is 0 Å². The Morgan fingerprint density at radius 3 is 2.48 bits per heavy atom. The van der Waals surface area contributed by atoms with Crippen molar-refractivity contribution in [2.75, 3.05) is 5.32 Å². The van der Waals surface area contributed by atoms with E-state index in [1.165, 1.54) is 0 Å². The number of benzene rings is 3. The van der Waals surface area contributed by atoms with E-state index in [2.05, 4.69) is 15.5 Å². The molecule has 0 atom stereocenters. The summed E-state index contributed by atoms with van der Waals surface area (Å²) in [6.07, 6.45) is 0. The predicted molar refractivity (Wildman–Crippen MR) is 101 cm³/mol. The van der Waals surface area contributed by atoms with Crippen molar-refractivity contribution in [2.45, 2.75) is 0 Å². The van der Waals surface area contributed by atoms with E-state index in [4.69, 9.17) is 8.83 Å². The molecule has 6 nitrogen and oxygen atoms in total. The lowest BCUT2D eigenvalue weighted by Gasteiger charge is -2.05. The minimum absolute atomic E-state index is 0.0170. The predicted octanol–water partition coefficient (Wildman–Crippen LogP) is 4.89. The lowest BCUT2D eigenvalue weighted by atomic mass is 10.0. The van der Waals surface area contributed by atoms with Crippen LogP contribution in [0.25, 0.3) is 33.4 Å². The van der Waals surface area contributed by atoms with Crippen LogP contribution in [0.5, 0.6) is 0 Å². The molecule has 0 aliphatic heterocycles. The number of fused-ring (bicyclic) bond motifs is 2. The number of anilines is 1. The maximum atomic E-state index is 12.7. The fourth-order valence-electron chi connectivity index (χ4n) is 3.05. The van der Waals surface area contributed by atoms with E-state index < -0.39 is 0 Å². The van der Waals surface area contributed by atoms with Gasteiger partial charge >= 0.3 is 6.01 Å². The highest BCUT2D eigenvalue weighted by molar-refractivity contribution is 6.12. The highest BCUT2D eigenvalue weighted by atomic mass is 16.4. The first kappa shape index (κ1) is 15.3. The molecule has 2 heterocycles. The van der Waals surface area contributed by atoms with E-state index in [-0.39, 0.29) is 17.8 Å². The average Bonchev–Trinajstić information content (AvgIpc) is 3.34. The maximum Gasteiger partial charge on any atom is 0.322 e. The third kappa shape index (κ3) is 2.73. The minimum atomic E-state index is -0.313. The Bertz CT molecular complexity index is 1250. The average molecular weight is 355 g/mol. The van der Waals surface area contributed by atoms with Crippen LogP contribution >= 0.6 is 0 Å². The summed E-state index contributed by atoms with van der Waals surface area (Å²) < 4.78 is 11.3. The number of rotatable bonds is 3. The second kappa shape index (κ2) is 6.10. The Morgan fingerprint density at radius 1 is 0.815 bits per heavy atom. The maximum absolute atomic E-state index is 12.7. The van der Waals surface area contributed by atoms with Crippen molar-refractivity contribution in [2.24, 2.45) is 0 Å². The first-order valence-corrected chi connectivity index (χ1v) is 8.39. The van der Waals surface area contributed by atoms with Crippen LogP contribution in [0.15, 0.2) is 81.6 Å². The van der Waals surface area contributed by atoms with Crippen molar-refractivity contribution in [3.8, 4) is 11.7 Å². The number of carbonyl (C=O) groups is 1. The van der Waals surface area contributed by atoms with Crippen LogP contribution in [-0.4, -0.2) is 16.1 Å². The Morgan fingerprint density at radius 2 is 1.59 bits per heavy atom. The Balaban J connectivity index is 1.44. The van der Waals surface area contributed by atoms with Gasteiger partial charge in [0, 0.05) is 10.9 Å². The zero-order chi connectivity index (χ0) is 18.2. The molecule has 1 N–H and O–H groups in total. The SMILES string of the molecule is O=C(Nc1nnc(-c2cc3ccccc3o2)o1)c1cccc2ccccc12. The van der Waals surface area contributed by atoms with Crippen LogP contribution in [0, 0.1) is 0 Å². The van der Waals surface area contributed by atoms with Crippen LogP contribution in [0.2, 0.25) is 0 Å². The molecule has 0 aliphatic carbocycles. The molecule has 0 radical (unpaired) electrons. The van der Waals surface area contributed by atoms with E-state index >= 15 is 0 Å². The van der Waals surface area contributed by atoms with E-state index in [1.54, 1.807) is 6.07 Å². The van der Waals surface area contributed by atoms with Gasteiger partial charge in [0.25, 0.3) is 11.8 Å². The third-order valence-electron chi connectivity index (χ3n) is 4.32. The Labute approximate surface area is 153 Å². The van der Waals surface area contributed by atoms with Gasteiger partial charge in [0.1, 0.15) is 5.58 Å². The van der Waals surface area contributed by atoms with Crippen molar-refractivity contribution >= 4 is 33.7 Å². The molecule has 130 valence electrons. The molecule has 1 amide bonds. The summed E-state index contributed by atoms with van der Waals surface area (Å²) in [7, 11) is 0. The first-order valence-electron chi connectivity index (χ1n) is 8.39. The number of furan rings is 1. The van der Waals surface area contributed by atoms with Crippen LogP contribution in [0.1, 0.15) is 10.4 Å². The number of amides is 1. The van der Waals surface area contributed by atoms with Gasteiger partial charge in [-0.25, -0.2) is 0 Å². The molecule has 6 heteroatoms. The number of nitrogens with one attached hydrogen (secondary N) is 1. The lowest BCUT2D eigenvalue weighted by Crippen LogP contribution is -2.12. The van der Waals surface area contributed by atoms with Crippen molar-refractivity contribution in [3.05, 3.63) is 78.4 Å². The molecule has 3 aromatic carbocycles. The largest absolute Gasteiger partial charge is 0.451 e. The van der Waals surface area contributed by atoms with Gasteiger partial charge in [-0.15, -0.1) is 5.10 Å². The number of para-hydroxylation sites is 1. The highest BCUT2D eigenvalue weighted by Gasteiger charge is 2.17. The van der Waals surface area contributed by atoms with Gasteiger partial charge in [0.05, 0.1) is 0 Å². The quantitative estimate of drug-likeness (QED) is 0.498. The molecule has 5 aromatic rings. The Kier molecular flexibility index (Phi) is 3.47. The molecule has 2 aromatic heterocycles. The number of nitrogens with zero attached hydrogens (tertiary/aromatic N) is 2. The monoisotopic (exact) mass is 355 g/mol. The summed E-state index contributed by atoms with van der Waals surface area (Å²) in [6.45, 7) is 0. The van der Waals surface area contributed by atoms with Gasteiger partial charge in [-0.1, -0.05) is 59.7 Å². The molecular formula is C21H13N3O3. The smallest absolute Gasteiger partial charge is 0.322 e. The fraction of sp³-hybridized carbons (Fsp3) is 0. The van der Waals surface area contributed by atoms with Crippen LogP contribution in [0.4, 0.5) is 6.01 Å². The van der Waals surface area contributed by atoms with Gasteiger partial charge in [0.15, 0.2) is 5.76 Å². The Hall–Kier alpha value is -3.93. The summed E-state index contributed by atoms with van der Waals surface area (Å²) in [5.41, 5.74) is 1.27. The summed E-state index contributed by atoms with van der Waals surface area (Å²) in [6, 6.07) is 22.7. The fourth-order valence-corrected chi connectivity index (χ4v) is 3.05. The van der Waals surface area contributed by atoms with Gasteiger partial charge in [-0.05, 0) is 29.0 Å². The lowest BCUT2D eigenvalue weighted by molar-refractivity contribution is 0.102. The summed E-state index contributed by atoms with van der Waals surface area (Å²) >= 11 is 0. The topological polar surface area (TPSA) is 81.2 Å². The van der Waals surface area contributed by atoms with Gasteiger partial charge in [-0.2, -0.15) is 0 Å². The van der Waals surface area contributed by atoms with Gasteiger partial charge < -0.3 is 8.83 Å². The van der Waals surface area contributed by atoms with E-state index in [0.29, 0.717) is 11.3 Å². The minimum Gasteiger partial charge on any atom is -0.451 e. The molecule has 0 saturated heterocycles. The van der Waals surface area contributed by atoms with E-state index in [9.17, 15) is 4.79 Å². The second-order valence-corrected chi connectivity index (χ2v) is 6.04. The summed E-state index contributed by atoms with van der Waals surface area (Å²) in [4.78, 5) is 12.7. The van der Waals surface area contributed by atoms with Crippen LogP contribution in [-0.2, 0) is 0 Å². The normalized spacial score (nSPS) is 11.1. The standard InChI is InChI=1S/C21H13N3O3/c25-19(16-10-5-8-13-6-1-3-9-15(13)16)22-21-24-23-20(27-21)18-12-14-7-2-4-11-17(14)26-18/h1-12H,(H,22,24,25). The zero-order valence-electron chi connectivity index (χ0n) is 14.0. The molecule has 0 bridgehead atoms. The third-order valence-corrected chi connectivity index (χ3v) is 4.32. The molecular weight excluding hydrogens is 342 g/mol. The molecule has 5 rings (SSSR count). The van der Waals surface area contributed by atoms with Gasteiger partial charge in [0.2, 0.25) is 0 Å². The number of hydrogen-bond donors (Lipinski definition) is 1.